The molecule has 14 unspecified atom stereocenters. The molecule has 3 fully saturated rings. The molecular weight excluding hydrogens is 1820 g/mol. The van der Waals surface area contributed by atoms with Gasteiger partial charge in [-0.25, -0.2) is 0 Å². The molecule has 17 N–H and O–H groups in total. The highest BCUT2D eigenvalue weighted by Gasteiger charge is 2.50. The summed E-state index contributed by atoms with van der Waals surface area (Å²) >= 11 is 0. The van der Waals surface area contributed by atoms with Gasteiger partial charge in [-0.15, -0.1) is 0 Å². The van der Waals surface area contributed by atoms with Crippen LogP contribution in [-0.2, 0) is 105 Å². The van der Waals surface area contributed by atoms with Crippen molar-refractivity contribution >= 4 is 94.5 Å². The van der Waals surface area contributed by atoms with E-state index >= 15 is 0 Å². The number of amides is 10. The van der Waals surface area contributed by atoms with Gasteiger partial charge >= 0.3 is 23.9 Å². The third-order valence-corrected chi connectivity index (χ3v) is 19.8. The predicted octanol–water partition coefficient (Wildman–Crippen LogP) is -6.28. The van der Waals surface area contributed by atoms with Crippen LogP contribution in [0, 0.1) is 17.8 Å². The fraction of sp³-hybridized carbons (Fsp3) is 0.654. The first-order valence-electron chi connectivity index (χ1n) is 42.3. The van der Waals surface area contributed by atoms with Crippen LogP contribution in [0.25, 0.3) is 20.9 Å². The second kappa shape index (κ2) is 63.8. The van der Waals surface area contributed by atoms with Gasteiger partial charge in [-0.1, -0.05) is 24.1 Å². The number of ether oxygens (including phenoxy) is 12. The van der Waals surface area contributed by atoms with Crippen LogP contribution >= 0.6 is 0 Å². The number of nitrogens with zero attached hydrogens (tertiary/aromatic N) is 10. The topological polar surface area (TPSA) is 789 Å². The lowest BCUT2D eigenvalue weighted by molar-refractivity contribution is -0.323. The van der Waals surface area contributed by atoms with Crippen molar-refractivity contribution in [2.45, 2.75) is 127 Å². The number of carboxylic acids is 4. The van der Waals surface area contributed by atoms with E-state index in [1.165, 1.54) is 60.5 Å². The lowest BCUT2D eigenvalue weighted by Crippen LogP contribution is -2.61. The SMILES string of the molecule is CC(=O)C1CC(OCC2OC(C(C)C)C(O)C(O)C2O)C(OC2OC(CO)C(O)C(O)C2O)CC1C(C)=O.COCCNC(=O)CN(CC(=O)NCCOC)C(=O)COc1cc(OCC(=O)N(CC(=O)NCCOC)CC(=O)NCCOC)cc(C(=O)NCCCN=[N+]=[N-])c1.[N-]=[N+]=NCCCNC(=O)c1cc(OCC(=O)N(CC(=O)O)CC(=O)O)cc(OCC(=O)N(CC(=O)O)CC(=O)O)c1. The Balaban J connectivity index is 0.000000539. The minimum atomic E-state index is -1.68. The molecule has 1 saturated carbocycles. The van der Waals surface area contributed by atoms with E-state index in [9.17, 15) is 112 Å². The highest BCUT2D eigenvalue weighted by molar-refractivity contribution is 5.97. The summed E-state index contributed by atoms with van der Waals surface area (Å²) in [5, 5.41) is 129. The number of benzene rings is 2. The fourth-order valence-corrected chi connectivity index (χ4v) is 12.9. The largest absolute Gasteiger partial charge is 0.484 e. The number of aliphatic carboxylic acids is 4. The highest BCUT2D eigenvalue weighted by Crippen LogP contribution is 2.38. The standard InChI is InChI=1S/C34H54N10O13.C25H42O13.C22H26N6O13/c1-52-12-8-36-28(45)19-43(20-29(46)37-9-13-53-2)32(49)23-56-26-16-25(34(51)40-6-5-7-41-42-35)17-27(18-26)57-24-33(50)44(21-30(47)38-10-14-54-3)22-31(48)39-11-15-55-4;1-9(2)24-22(33)20(31)19(30)17(36-24)8-35-14-5-12(10(3)27)13(11(4)28)6-15(14)37-25-23(34)21(32)18(29)16(7-26)38-25;23-26-25-3-1-2-24-22(39)13-4-14(40-11-16(29)27(7-18(31)32)8-19(33)34)6-15(5-13)41-12-17(30)28(9-20(35)36)10-21(37)38/h16-18H,5-15,19-24H2,1-4H3,(H,36,45)(H,37,46)(H,38,47)(H,39,48)(H,40,51);9,12-26,29-34H,5-8H2,1-4H3;4-6H,1-3,7-12H2,(H,24,39)(H,31,32)(H,33,34)(H,35,36)(H,37,38). The summed E-state index contributed by atoms with van der Waals surface area (Å²) in [7, 11) is 5.82. The number of carbonyl (C=O) groups excluding carboxylic acids is 12. The second-order valence-electron chi connectivity index (χ2n) is 30.6. The Bertz CT molecular complexity index is 4110. The van der Waals surface area contributed by atoms with Crippen molar-refractivity contribution in [3.63, 3.8) is 0 Å². The van der Waals surface area contributed by atoms with E-state index in [1.54, 1.807) is 13.8 Å². The van der Waals surface area contributed by atoms with Gasteiger partial charge in [0.1, 0.15) is 136 Å². The Kier molecular flexibility index (Phi) is 55.2. The molecule has 14 atom stereocenters. The molecule has 55 heteroatoms. The summed E-state index contributed by atoms with van der Waals surface area (Å²) in [4.78, 5) is 204. The smallest absolute Gasteiger partial charge is 0.323 e. The monoisotopic (exact) mass is 1940 g/mol. The van der Waals surface area contributed by atoms with Gasteiger partial charge < -0.3 is 165 Å². The molecule has 0 bridgehead atoms. The number of methoxy groups -OCH3 is 4. The van der Waals surface area contributed by atoms with Crippen LogP contribution in [0.5, 0.6) is 23.0 Å². The summed E-state index contributed by atoms with van der Waals surface area (Å²) in [5.41, 5.74) is 16.7. The molecule has 0 radical (unpaired) electrons. The summed E-state index contributed by atoms with van der Waals surface area (Å²) in [6.07, 6.45) is -14.7. The van der Waals surface area contributed by atoms with Crippen molar-refractivity contribution in [2.24, 2.45) is 28.0 Å². The molecule has 2 saturated heterocycles. The Labute approximate surface area is 778 Å². The number of ketones is 2. The van der Waals surface area contributed by atoms with Gasteiger partial charge in [-0.05, 0) is 80.8 Å². The Morgan fingerprint density at radius 3 is 1.04 bits per heavy atom. The van der Waals surface area contributed by atoms with Crippen molar-refractivity contribution in [2.75, 3.05) is 199 Å². The van der Waals surface area contributed by atoms with Gasteiger partial charge in [0.25, 0.3) is 35.4 Å². The molecule has 760 valence electrons. The maximum absolute atomic E-state index is 13.3. The number of hydrogen-bond donors (Lipinski definition) is 17. The number of carbonyl (C=O) groups is 16. The fourth-order valence-electron chi connectivity index (χ4n) is 12.9. The first-order chi connectivity index (χ1) is 64.6. The third kappa shape index (κ3) is 43.9. The van der Waals surface area contributed by atoms with E-state index in [4.69, 9.17) is 88.3 Å². The van der Waals surface area contributed by atoms with Crippen LogP contribution in [0.3, 0.4) is 0 Å². The van der Waals surface area contributed by atoms with Crippen LogP contribution in [0.2, 0.25) is 0 Å². The number of azide groups is 2. The zero-order valence-corrected chi connectivity index (χ0v) is 76.2. The van der Waals surface area contributed by atoms with E-state index in [0.717, 1.165) is 28.0 Å². The molecule has 10 amide bonds. The lowest BCUT2D eigenvalue weighted by Gasteiger charge is -2.46. The van der Waals surface area contributed by atoms with E-state index < -0.39 is 254 Å². The maximum atomic E-state index is 13.3. The first-order valence-corrected chi connectivity index (χ1v) is 42.3. The van der Waals surface area contributed by atoms with Crippen molar-refractivity contribution in [1.82, 2.24) is 51.5 Å². The second-order valence-corrected chi connectivity index (χ2v) is 30.6. The van der Waals surface area contributed by atoms with E-state index in [0.29, 0.717) is 22.6 Å². The van der Waals surface area contributed by atoms with E-state index in [-0.39, 0.29) is 150 Å². The molecule has 2 aliphatic heterocycles. The van der Waals surface area contributed by atoms with E-state index in [2.05, 4.69) is 52.0 Å². The van der Waals surface area contributed by atoms with Crippen LogP contribution in [0.15, 0.2) is 46.6 Å². The van der Waals surface area contributed by atoms with Gasteiger partial charge in [0.05, 0.1) is 58.0 Å². The molecular formula is C81H122N16O39. The van der Waals surface area contributed by atoms with Gasteiger partial charge in [-0.3, -0.25) is 76.7 Å². The van der Waals surface area contributed by atoms with Crippen LogP contribution in [0.4, 0.5) is 0 Å². The zero-order chi connectivity index (χ0) is 102. The minimum Gasteiger partial charge on any atom is -0.484 e. The first kappa shape index (κ1) is 118. The number of aliphatic hydroxyl groups excluding tert-OH is 7. The molecule has 2 aromatic rings. The van der Waals surface area contributed by atoms with Crippen LogP contribution in [0.1, 0.15) is 74.1 Å². The number of rotatable bonds is 59. The summed E-state index contributed by atoms with van der Waals surface area (Å²) < 4.78 is 65.0. The molecule has 0 spiro atoms. The van der Waals surface area contributed by atoms with Gasteiger partial charge in [0, 0.05) is 126 Å². The average Bonchev–Trinajstić information content (AvgIpc) is 0.806. The Morgan fingerprint density at radius 2 is 0.743 bits per heavy atom. The molecule has 3 aliphatic rings. The van der Waals surface area contributed by atoms with E-state index in [1.807, 2.05) is 0 Å². The number of hydrogen-bond acceptors (Lipinski definition) is 37. The zero-order valence-electron chi connectivity index (χ0n) is 76.2. The number of aliphatic hydroxyl groups is 7. The van der Waals surface area contributed by atoms with Crippen molar-refractivity contribution in [3.05, 3.63) is 68.4 Å². The highest BCUT2D eigenvalue weighted by atomic mass is 16.7. The number of Topliss-reactive ketones (excluding diaryl/α,β-unsaturated/α-hetero) is 2. The Morgan fingerprint density at radius 1 is 0.426 bits per heavy atom. The van der Waals surface area contributed by atoms with Gasteiger partial charge in [-0.2, -0.15) is 0 Å². The van der Waals surface area contributed by atoms with Crippen LogP contribution < -0.4 is 50.8 Å². The maximum Gasteiger partial charge on any atom is 0.323 e. The molecule has 55 nitrogen and oxygen atoms in total. The van der Waals surface area contributed by atoms with Crippen molar-refractivity contribution in [3.8, 4) is 23.0 Å². The third-order valence-electron chi connectivity index (χ3n) is 19.8. The summed E-state index contributed by atoms with van der Waals surface area (Å²) in [6.45, 7) is -1.25. The minimum absolute atomic E-state index is 0.00928. The molecule has 2 heterocycles. The predicted molar refractivity (Wildman–Crippen MR) is 461 cm³/mol. The van der Waals surface area contributed by atoms with Crippen molar-refractivity contribution < 1.29 is 190 Å². The number of carboxylic acid groups (broad SMARTS) is 4. The van der Waals surface area contributed by atoms with Crippen molar-refractivity contribution in [1.29, 1.82) is 0 Å². The normalized spacial score (nSPS) is 20.2. The average molecular weight is 1940 g/mol. The van der Waals surface area contributed by atoms with Gasteiger partial charge in [0.15, 0.2) is 32.7 Å². The molecule has 136 heavy (non-hydrogen) atoms. The number of nitrogens with one attached hydrogen (secondary N) is 6. The summed E-state index contributed by atoms with van der Waals surface area (Å²) in [6, 6.07) is 7.32. The van der Waals surface area contributed by atoms with Crippen LogP contribution in [-0.4, -0.2) is 443 Å². The molecule has 5 rings (SSSR count). The molecule has 2 aromatic carbocycles. The lowest BCUT2D eigenvalue weighted by atomic mass is 9.73. The molecule has 0 aromatic heterocycles. The molecule has 1 aliphatic carbocycles. The summed E-state index contributed by atoms with van der Waals surface area (Å²) in [5.74, 6) is -15.5. The Hall–Kier alpha value is -12.4. The van der Waals surface area contributed by atoms with Gasteiger partial charge in [0.2, 0.25) is 23.6 Å². The quantitative estimate of drug-likeness (QED) is 0.0127.